The first kappa shape index (κ1) is 8.79. The monoisotopic (exact) mass is 154 g/mol. The Morgan fingerprint density at radius 2 is 1.82 bits per heavy atom. The molecule has 2 aliphatic rings. The zero-order valence-corrected chi connectivity index (χ0v) is 7.60. The van der Waals surface area contributed by atoms with Crippen molar-refractivity contribution in [1.82, 2.24) is 0 Å². The molecule has 11 heavy (non-hydrogen) atoms. The second kappa shape index (κ2) is 3.91. The topological polar surface area (TPSA) is 9.23 Å². The predicted octanol–water partition coefficient (Wildman–Crippen LogP) is 2.77. The van der Waals surface area contributed by atoms with Crippen LogP contribution < -0.4 is 0 Å². The van der Waals surface area contributed by atoms with E-state index >= 15 is 0 Å². The minimum atomic E-state index is 0.556. The van der Waals surface area contributed by atoms with Crippen LogP contribution in [0.15, 0.2) is 12.2 Å². The molecule has 1 aliphatic heterocycles. The van der Waals surface area contributed by atoms with Crippen LogP contribution in [0.1, 0.15) is 33.1 Å². The Kier molecular flexibility index (Phi) is 3.13. The average Bonchev–Trinajstić information content (AvgIpc) is 2.69. The van der Waals surface area contributed by atoms with Gasteiger partial charge in [-0.1, -0.05) is 26.0 Å². The lowest BCUT2D eigenvalue weighted by Gasteiger charge is -2.18. The van der Waals surface area contributed by atoms with Gasteiger partial charge < -0.3 is 4.74 Å². The molecule has 0 amide bonds. The summed E-state index contributed by atoms with van der Waals surface area (Å²) in [5, 5.41) is 0. The molecule has 1 nitrogen and oxygen atoms in total. The maximum Gasteiger partial charge on any atom is 0.0529 e. The molecule has 0 unspecified atom stereocenters. The zero-order valence-electron chi connectivity index (χ0n) is 7.60. The minimum absolute atomic E-state index is 0.556. The van der Waals surface area contributed by atoms with Gasteiger partial charge in [0.1, 0.15) is 0 Å². The third-order valence-corrected chi connectivity index (χ3v) is 2.45. The van der Waals surface area contributed by atoms with Crippen LogP contribution in [0.2, 0.25) is 0 Å². The van der Waals surface area contributed by atoms with Gasteiger partial charge in [0.15, 0.2) is 0 Å². The van der Waals surface area contributed by atoms with Crippen LogP contribution in [-0.2, 0) is 4.74 Å². The summed E-state index contributed by atoms with van der Waals surface area (Å²) in [6.45, 7) is 5.99. The van der Waals surface area contributed by atoms with Gasteiger partial charge in [-0.15, -0.1) is 0 Å². The largest absolute Gasteiger partial charge is 0.381 e. The van der Waals surface area contributed by atoms with E-state index in [9.17, 15) is 0 Å². The summed E-state index contributed by atoms with van der Waals surface area (Å²) in [6.07, 6.45) is 8.36. The van der Waals surface area contributed by atoms with Crippen molar-refractivity contribution in [2.75, 3.05) is 13.2 Å². The molecule has 1 fully saturated rings. The molecular weight excluding hydrogens is 136 g/mol. The molecule has 0 saturated carbocycles. The van der Waals surface area contributed by atoms with E-state index in [4.69, 9.17) is 4.74 Å². The summed E-state index contributed by atoms with van der Waals surface area (Å²) in [5.41, 5.74) is 0.556. The van der Waals surface area contributed by atoms with Gasteiger partial charge in [-0.25, -0.2) is 0 Å². The fourth-order valence-electron chi connectivity index (χ4n) is 1.72. The molecule has 0 aromatic carbocycles. The van der Waals surface area contributed by atoms with Crippen molar-refractivity contribution in [1.29, 1.82) is 0 Å². The van der Waals surface area contributed by atoms with Crippen molar-refractivity contribution in [2.45, 2.75) is 33.1 Å². The van der Waals surface area contributed by atoms with Gasteiger partial charge in [-0.3, -0.25) is 0 Å². The Hall–Kier alpha value is -0.300. The number of hydrogen-bond acceptors (Lipinski definition) is 1. The van der Waals surface area contributed by atoms with E-state index in [1.165, 1.54) is 19.3 Å². The predicted molar refractivity (Wildman–Crippen MR) is 47.6 cm³/mol. The highest BCUT2D eigenvalue weighted by Gasteiger charge is 2.34. The lowest BCUT2D eigenvalue weighted by molar-refractivity contribution is 0.157. The first-order chi connectivity index (χ1) is 5.41. The van der Waals surface area contributed by atoms with Crippen LogP contribution in [0, 0.1) is 5.41 Å². The zero-order chi connectivity index (χ0) is 8.16. The van der Waals surface area contributed by atoms with Crippen LogP contribution in [-0.4, -0.2) is 13.2 Å². The molecule has 0 N–H and O–H groups in total. The summed E-state index contributed by atoms with van der Waals surface area (Å²) in [5.74, 6) is 0. The number of rotatable bonds is 0. The van der Waals surface area contributed by atoms with Crippen molar-refractivity contribution >= 4 is 0 Å². The van der Waals surface area contributed by atoms with Crippen LogP contribution in [0.25, 0.3) is 0 Å². The summed E-state index contributed by atoms with van der Waals surface area (Å²) < 4.78 is 5.34. The summed E-state index contributed by atoms with van der Waals surface area (Å²) in [4.78, 5) is 0. The summed E-state index contributed by atoms with van der Waals surface area (Å²) in [6, 6.07) is 0. The number of ether oxygens (including phenoxy) is 1. The Bertz CT molecular complexity index is 122. The third kappa shape index (κ3) is 1.84. The smallest absolute Gasteiger partial charge is 0.0529 e. The summed E-state index contributed by atoms with van der Waals surface area (Å²) >= 11 is 0. The number of allylic oxidation sites excluding steroid dienone is 2. The molecular formula is C10H18O. The molecule has 0 radical (unpaired) electrons. The van der Waals surface area contributed by atoms with E-state index in [-0.39, 0.29) is 0 Å². The van der Waals surface area contributed by atoms with Crippen LogP contribution in [0.5, 0.6) is 0 Å². The van der Waals surface area contributed by atoms with Crippen molar-refractivity contribution < 1.29 is 4.74 Å². The molecule has 0 aromatic heterocycles. The standard InChI is InChI=1S/C8H12O.C2H6/c1-2-4-8(3-1)5-6-9-7-8;1-2/h1-2H,3-7H2;1-2H3. The molecule has 1 aliphatic carbocycles. The lowest BCUT2D eigenvalue weighted by atomic mass is 9.85. The van der Waals surface area contributed by atoms with Crippen molar-refractivity contribution in [3.8, 4) is 0 Å². The highest BCUT2D eigenvalue weighted by atomic mass is 16.5. The van der Waals surface area contributed by atoms with Gasteiger partial charge in [-0.2, -0.15) is 0 Å². The fraction of sp³-hybridized carbons (Fsp3) is 0.800. The molecule has 1 heterocycles. The molecule has 0 aromatic rings. The van der Waals surface area contributed by atoms with Gasteiger partial charge in [0.25, 0.3) is 0 Å². The molecule has 1 spiro atoms. The van der Waals surface area contributed by atoms with Crippen LogP contribution in [0.3, 0.4) is 0 Å². The molecule has 0 bridgehead atoms. The first-order valence-corrected chi connectivity index (χ1v) is 4.64. The molecule has 2 rings (SSSR count). The highest BCUT2D eigenvalue weighted by Crippen LogP contribution is 2.40. The van der Waals surface area contributed by atoms with E-state index in [1.54, 1.807) is 0 Å². The lowest BCUT2D eigenvalue weighted by Crippen LogP contribution is -2.15. The normalized spacial score (nSPS) is 25.3. The molecule has 1 heteroatoms. The Morgan fingerprint density at radius 3 is 2.27 bits per heavy atom. The van der Waals surface area contributed by atoms with Crippen molar-refractivity contribution in [3.05, 3.63) is 12.2 Å². The highest BCUT2D eigenvalue weighted by molar-refractivity contribution is 5.04. The van der Waals surface area contributed by atoms with Gasteiger partial charge in [0, 0.05) is 12.0 Å². The van der Waals surface area contributed by atoms with Crippen LogP contribution >= 0.6 is 0 Å². The van der Waals surface area contributed by atoms with Gasteiger partial charge in [0.2, 0.25) is 0 Å². The Morgan fingerprint density at radius 1 is 1.18 bits per heavy atom. The second-order valence-corrected chi connectivity index (χ2v) is 3.18. The molecule has 1 saturated heterocycles. The van der Waals surface area contributed by atoms with Crippen molar-refractivity contribution in [2.24, 2.45) is 5.41 Å². The minimum Gasteiger partial charge on any atom is -0.381 e. The second-order valence-electron chi connectivity index (χ2n) is 3.18. The Labute approximate surface area is 69.4 Å². The maximum atomic E-state index is 5.34. The molecule has 0 atom stereocenters. The van der Waals surface area contributed by atoms with Crippen molar-refractivity contribution in [3.63, 3.8) is 0 Å². The van der Waals surface area contributed by atoms with E-state index in [2.05, 4.69) is 12.2 Å². The fourth-order valence-corrected chi connectivity index (χ4v) is 1.72. The quantitative estimate of drug-likeness (QED) is 0.487. The first-order valence-electron chi connectivity index (χ1n) is 4.64. The SMILES string of the molecule is C1=CCC2(C1)CCOC2.CC. The van der Waals surface area contributed by atoms with E-state index in [0.717, 1.165) is 13.2 Å². The summed E-state index contributed by atoms with van der Waals surface area (Å²) in [7, 11) is 0. The number of hydrogen-bond donors (Lipinski definition) is 0. The van der Waals surface area contributed by atoms with Crippen LogP contribution in [0.4, 0.5) is 0 Å². The Balaban J connectivity index is 0.000000281. The molecule has 64 valence electrons. The van der Waals surface area contributed by atoms with E-state index < -0.39 is 0 Å². The van der Waals surface area contributed by atoms with E-state index in [1.807, 2.05) is 13.8 Å². The average molecular weight is 154 g/mol. The van der Waals surface area contributed by atoms with E-state index in [0.29, 0.717) is 5.41 Å². The van der Waals surface area contributed by atoms with Gasteiger partial charge >= 0.3 is 0 Å². The van der Waals surface area contributed by atoms with Gasteiger partial charge in [0.05, 0.1) is 6.61 Å². The van der Waals surface area contributed by atoms with Gasteiger partial charge in [-0.05, 0) is 19.3 Å². The third-order valence-electron chi connectivity index (χ3n) is 2.45. The maximum absolute atomic E-state index is 5.34.